The molecule has 0 saturated carbocycles. The second kappa shape index (κ2) is 12.6. The molecule has 3 heteroatoms. The number of furan rings is 1. The second-order valence-corrected chi connectivity index (χ2v) is 14.2. The molecule has 0 aliphatic heterocycles. The van der Waals surface area contributed by atoms with Crippen LogP contribution in [-0.4, -0.2) is 4.57 Å². The molecule has 0 aliphatic rings. The summed E-state index contributed by atoms with van der Waals surface area (Å²) in [4.78, 5) is 2.40. The first-order chi connectivity index (χ1) is 27.3. The van der Waals surface area contributed by atoms with E-state index in [0.29, 0.717) is 0 Å². The van der Waals surface area contributed by atoms with Gasteiger partial charge in [0, 0.05) is 38.6 Å². The van der Waals surface area contributed by atoms with E-state index in [9.17, 15) is 0 Å². The lowest BCUT2D eigenvalue weighted by atomic mass is 9.99. The van der Waals surface area contributed by atoms with E-state index in [2.05, 4.69) is 204 Å². The third kappa shape index (κ3) is 5.20. The van der Waals surface area contributed by atoms with E-state index in [0.717, 1.165) is 44.7 Å². The van der Waals surface area contributed by atoms with Gasteiger partial charge in [-0.05, 0) is 106 Å². The molecule has 0 amide bonds. The number of hydrogen-bond acceptors (Lipinski definition) is 2. The summed E-state index contributed by atoms with van der Waals surface area (Å²) in [5.74, 6) is 0. The van der Waals surface area contributed by atoms with E-state index in [1.807, 2.05) is 12.1 Å². The maximum atomic E-state index is 6.18. The predicted octanol–water partition coefficient (Wildman–Crippen LogP) is 14.6. The van der Waals surface area contributed by atoms with Crippen LogP contribution in [0.1, 0.15) is 0 Å². The van der Waals surface area contributed by atoms with Crippen LogP contribution in [-0.2, 0) is 0 Å². The molecule has 0 radical (unpaired) electrons. The van der Waals surface area contributed by atoms with Gasteiger partial charge in [-0.3, -0.25) is 0 Å². The number of fused-ring (bicyclic) bond motifs is 7. The summed E-state index contributed by atoms with van der Waals surface area (Å²) in [5, 5.41) is 7.10. The Labute approximate surface area is 318 Å². The molecule has 3 nitrogen and oxygen atoms in total. The Morgan fingerprint density at radius 2 is 0.964 bits per heavy atom. The van der Waals surface area contributed by atoms with Crippen molar-refractivity contribution in [2.75, 3.05) is 4.90 Å². The Hall–Kier alpha value is -7.36. The fraction of sp³-hybridized carbons (Fsp3) is 0. The highest BCUT2D eigenvalue weighted by Gasteiger charge is 2.21. The van der Waals surface area contributed by atoms with Crippen LogP contribution in [0.25, 0.3) is 82.5 Å². The van der Waals surface area contributed by atoms with Gasteiger partial charge in [-0.25, -0.2) is 0 Å². The average molecular weight is 703 g/mol. The summed E-state index contributed by atoms with van der Waals surface area (Å²) in [6, 6.07) is 74.1. The van der Waals surface area contributed by atoms with Crippen molar-refractivity contribution < 1.29 is 4.42 Å². The van der Waals surface area contributed by atoms with Crippen LogP contribution in [0.3, 0.4) is 0 Å². The van der Waals surface area contributed by atoms with E-state index in [1.165, 1.54) is 54.8 Å². The van der Waals surface area contributed by atoms with Crippen LogP contribution in [0.2, 0.25) is 0 Å². The SMILES string of the molecule is c1ccc(-c2ccc(N(c3ccc(-c4ccc5cc6oc7ccccc7c6cc5c4)cc3)c3cccc4c5ccccc5n(-c5ccccc5)c34)cc2)cc1. The summed E-state index contributed by atoms with van der Waals surface area (Å²) in [7, 11) is 0. The highest BCUT2D eigenvalue weighted by Crippen LogP contribution is 2.44. The quantitative estimate of drug-likeness (QED) is 0.172. The minimum atomic E-state index is 0.919. The van der Waals surface area contributed by atoms with Crippen LogP contribution >= 0.6 is 0 Å². The Balaban J connectivity index is 1.07. The van der Waals surface area contributed by atoms with Gasteiger partial charge in [0.2, 0.25) is 0 Å². The lowest BCUT2D eigenvalue weighted by molar-refractivity contribution is 0.669. The zero-order valence-corrected chi connectivity index (χ0v) is 29.9. The molecule has 258 valence electrons. The van der Waals surface area contributed by atoms with Gasteiger partial charge in [-0.1, -0.05) is 133 Å². The van der Waals surface area contributed by atoms with Gasteiger partial charge in [0.1, 0.15) is 11.2 Å². The van der Waals surface area contributed by atoms with Crippen LogP contribution < -0.4 is 4.90 Å². The number of nitrogens with zero attached hydrogens (tertiary/aromatic N) is 2. The summed E-state index contributed by atoms with van der Waals surface area (Å²) < 4.78 is 8.59. The van der Waals surface area contributed by atoms with Crippen molar-refractivity contribution >= 4 is 71.6 Å². The number of para-hydroxylation sites is 4. The highest BCUT2D eigenvalue weighted by molar-refractivity contribution is 6.14. The van der Waals surface area contributed by atoms with Crippen LogP contribution in [0, 0.1) is 0 Å². The third-order valence-electron chi connectivity index (χ3n) is 11.0. The first-order valence-electron chi connectivity index (χ1n) is 18.8. The van der Waals surface area contributed by atoms with Crippen molar-refractivity contribution in [3.05, 3.63) is 206 Å². The fourth-order valence-corrected chi connectivity index (χ4v) is 8.34. The van der Waals surface area contributed by atoms with Crippen LogP contribution in [0.5, 0.6) is 0 Å². The second-order valence-electron chi connectivity index (χ2n) is 14.2. The van der Waals surface area contributed by atoms with Gasteiger partial charge in [-0.2, -0.15) is 0 Å². The maximum absolute atomic E-state index is 6.18. The summed E-state index contributed by atoms with van der Waals surface area (Å²) in [6.45, 7) is 0. The minimum Gasteiger partial charge on any atom is -0.456 e. The minimum absolute atomic E-state index is 0.919. The average Bonchev–Trinajstić information content (AvgIpc) is 3.79. The molecule has 0 bridgehead atoms. The molecule has 2 heterocycles. The number of aromatic nitrogens is 1. The molecule has 11 aromatic rings. The smallest absolute Gasteiger partial charge is 0.136 e. The molecule has 11 rings (SSSR count). The molecule has 0 unspecified atom stereocenters. The lowest BCUT2D eigenvalue weighted by Crippen LogP contribution is -2.11. The van der Waals surface area contributed by atoms with Crippen molar-refractivity contribution in [1.82, 2.24) is 4.57 Å². The first-order valence-corrected chi connectivity index (χ1v) is 18.8. The normalized spacial score (nSPS) is 11.6. The van der Waals surface area contributed by atoms with Crippen molar-refractivity contribution in [3.8, 4) is 27.9 Å². The van der Waals surface area contributed by atoms with Crippen molar-refractivity contribution in [3.63, 3.8) is 0 Å². The van der Waals surface area contributed by atoms with E-state index < -0.39 is 0 Å². The Morgan fingerprint density at radius 3 is 1.73 bits per heavy atom. The van der Waals surface area contributed by atoms with Gasteiger partial charge in [-0.15, -0.1) is 0 Å². The lowest BCUT2D eigenvalue weighted by Gasteiger charge is -2.27. The Kier molecular flexibility index (Phi) is 7.17. The molecule has 0 aliphatic carbocycles. The van der Waals surface area contributed by atoms with E-state index in [1.54, 1.807) is 0 Å². The van der Waals surface area contributed by atoms with Gasteiger partial charge in [0.05, 0.1) is 16.7 Å². The maximum Gasteiger partial charge on any atom is 0.136 e. The summed E-state index contributed by atoms with van der Waals surface area (Å²) >= 11 is 0. The summed E-state index contributed by atoms with van der Waals surface area (Å²) in [5.41, 5.74) is 13.3. The standard InChI is InChI=1S/C52H34N2O/c1-3-12-35(13-4-1)36-24-28-42(29-25-36)53(49-20-11-18-46-44-16-7-9-19-48(44)54(52(46)49)41-14-5-2-6-15-41)43-30-26-37(27-31-43)38-22-23-39-34-51-47(33-40(39)32-38)45-17-8-10-21-50(45)55-51/h1-34H. The van der Waals surface area contributed by atoms with E-state index in [-0.39, 0.29) is 0 Å². The first kappa shape index (κ1) is 31.2. The van der Waals surface area contributed by atoms with Gasteiger partial charge in [0.25, 0.3) is 0 Å². The van der Waals surface area contributed by atoms with Crippen molar-refractivity contribution in [2.24, 2.45) is 0 Å². The van der Waals surface area contributed by atoms with Crippen LogP contribution in [0.15, 0.2) is 211 Å². The van der Waals surface area contributed by atoms with Gasteiger partial charge < -0.3 is 13.9 Å². The monoisotopic (exact) mass is 702 g/mol. The fourth-order valence-electron chi connectivity index (χ4n) is 8.34. The van der Waals surface area contributed by atoms with Crippen molar-refractivity contribution in [1.29, 1.82) is 0 Å². The number of hydrogen-bond donors (Lipinski definition) is 0. The van der Waals surface area contributed by atoms with Gasteiger partial charge in [0.15, 0.2) is 0 Å². The van der Waals surface area contributed by atoms with Crippen molar-refractivity contribution in [2.45, 2.75) is 0 Å². The Morgan fingerprint density at radius 1 is 0.364 bits per heavy atom. The van der Waals surface area contributed by atoms with Gasteiger partial charge >= 0.3 is 0 Å². The van der Waals surface area contributed by atoms with Crippen LogP contribution in [0.4, 0.5) is 17.1 Å². The molecular weight excluding hydrogens is 669 g/mol. The number of anilines is 3. The number of rotatable bonds is 6. The zero-order chi connectivity index (χ0) is 36.3. The topological polar surface area (TPSA) is 21.3 Å². The molecule has 0 N–H and O–H groups in total. The molecule has 0 saturated heterocycles. The molecule has 0 spiro atoms. The number of benzene rings is 9. The summed E-state index contributed by atoms with van der Waals surface area (Å²) in [6.07, 6.45) is 0. The Bertz CT molecular complexity index is 3180. The molecule has 0 fully saturated rings. The molecule has 0 atom stereocenters. The predicted molar refractivity (Wildman–Crippen MR) is 231 cm³/mol. The zero-order valence-electron chi connectivity index (χ0n) is 29.9. The third-order valence-corrected chi connectivity index (χ3v) is 11.0. The molecule has 9 aromatic carbocycles. The molecular formula is C52H34N2O. The molecule has 2 aromatic heterocycles. The van der Waals surface area contributed by atoms with E-state index in [4.69, 9.17) is 4.42 Å². The highest BCUT2D eigenvalue weighted by atomic mass is 16.3. The largest absolute Gasteiger partial charge is 0.456 e. The van der Waals surface area contributed by atoms with E-state index >= 15 is 0 Å². The molecule has 55 heavy (non-hydrogen) atoms.